The highest BCUT2D eigenvalue weighted by atomic mass is 32.1. The summed E-state index contributed by atoms with van der Waals surface area (Å²) >= 11 is 1.49. The molecule has 3 saturated carbocycles. The minimum absolute atomic E-state index is 0.0129. The van der Waals surface area contributed by atoms with Gasteiger partial charge in [0.05, 0.1) is 12.2 Å². The summed E-state index contributed by atoms with van der Waals surface area (Å²) in [4.78, 5) is 17.1. The van der Waals surface area contributed by atoms with Gasteiger partial charge in [-0.05, 0) is 129 Å². The van der Waals surface area contributed by atoms with Crippen LogP contribution in [-0.4, -0.2) is 39.6 Å². The summed E-state index contributed by atoms with van der Waals surface area (Å²) < 4.78 is 14.2. The van der Waals surface area contributed by atoms with Crippen molar-refractivity contribution >= 4 is 33.8 Å². The lowest BCUT2D eigenvalue weighted by molar-refractivity contribution is 0.0898. The third-order valence-corrected chi connectivity index (χ3v) is 23.4. The third-order valence-electron chi connectivity index (χ3n) is 13.4. The molecule has 1 aromatic rings. The number of carbonyl (C=O) groups excluding carboxylic acids is 1. The van der Waals surface area contributed by atoms with Gasteiger partial charge in [-0.2, -0.15) is 0 Å². The van der Waals surface area contributed by atoms with Gasteiger partial charge in [0, 0.05) is 23.9 Å². The van der Waals surface area contributed by atoms with Crippen molar-refractivity contribution in [1.82, 2.24) is 4.98 Å². The number of ketones is 1. The molecule has 0 spiro atoms. The van der Waals surface area contributed by atoms with Gasteiger partial charge >= 0.3 is 0 Å². The maximum Gasteiger partial charge on any atom is 0.192 e. The molecule has 1 aromatic heterocycles. The number of hydrogen-bond acceptors (Lipinski definition) is 5. The normalized spacial score (nSPS) is 29.8. The van der Waals surface area contributed by atoms with Crippen molar-refractivity contribution in [3.05, 3.63) is 51.5 Å². The second-order valence-corrected chi connectivity index (χ2v) is 29.3. The van der Waals surface area contributed by atoms with Gasteiger partial charge in [0.2, 0.25) is 0 Å². The minimum Gasteiger partial charge on any atom is -0.413 e. The average Bonchev–Trinajstić information content (AvgIpc) is 3.55. The van der Waals surface area contributed by atoms with Crippen LogP contribution in [0.4, 0.5) is 0 Å². The summed E-state index contributed by atoms with van der Waals surface area (Å²) in [5.41, 5.74) is 5.43. The first-order valence-electron chi connectivity index (χ1n) is 19.0. The molecular formula is C41H69NO3SSi2. The number of hydrogen-bond donors (Lipinski definition) is 0. The Morgan fingerprint density at radius 2 is 1.73 bits per heavy atom. The molecule has 0 radical (unpaired) electrons. The highest BCUT2D eigenvalue weighted by molar-refractivity contribution is 7.11. The quantitative estimate of drug-likeness (QED) is 0.169. The first kappa shape index (κ1) is 39.7. The van der Waals surface area contributed by atoms with E-state index in [1.54, 1.807) is 5.57 Å². The fourth-order valence-corrected chi connectivity index (χ4v) is 11.8. The van der Waals surface area contributed by atoms with E-state index in [0.717, 1.165) is 31.4 Å². The molecule has 1 heterocycles. The highest BCUT2D eigenvalue weighted by Gasteiger charge is 2.50. The van der Waals surface area contributed by atoms with Crippen LogP contribution in [0.5, 0.6) is 0 Å². The van der Waals surface area contributed by atoms with Crippen LogP contribution in [-0.2, 0) is 8.85 Å². The van der Waals surface area contributed by atoms with Gasteiger partial charge in [0.15, 0.2) is 27.4 Å². The predicted octanol–water partition coefficient (Wildman–Crippen LogP) is 12.6. The average molecular weight is 712 g/mol. The molecule has 0 aliphatic heterocycles. The maximum atomic E-state index is 12.7. The van der Waals surface area contributed by atoms with Crippen molar-refractivity contribution in [2.75, 3.05) is 0 Å². The number of thiazole rings is 1. The van der Waals surface area contributed by atoms with Crippen molar-refractivity contribution < 1.29 is 13.6 Å². The second-order valence-electron chi connectivity index (χ2n) is 18.9. The van der Waals surface area contributed by atoms with E-state index in [2.05, 4.69) is 98.7 Å². The van der Waals surface area contributed by atoms with Crippen LogP contribution in [0.15, 0.2) is 40.8 Å². The van der Waals surface area contributed by atoms with E-state index in [0.29, 0.717) is 34.6 Å². The van der Waals surface area contributed by atoms with Crippen molar-refractivity contribution in [2.24, 2.45) is 23.2 Å². The highest BCUT2D eigenvalue weighted by Crippen LogP contribution is 2.60. The number of aromatic nitrogens is 1. The van der Waals surface area contributed by atoms with Crippen molar-refractivity contribution in [3.8, 4) is 0 Å². The lowest BCUT2D eigenvalue weighted by atomic mass is 9.60. The molecule has 0 aromatic carbocycles. The van der Waals surface area contributed by atoms with Gasteiger partial charge in [-0.25, -0.2) is 4.98 Å². The number of Topliss-reactive ketones (excluding diaryl/α,β-unsaturated/α-hetero) is 1. The Morgan fingerprint density at radius 3 is 2.33 bits per heavy atom. The van der Waals surface area contributed by atoms with Crippen LogP contribution >= 0.6 is 11.3 Å². The zero-order valence-corrected chi connectivity index (χ0v) is 35.8. The van der Waals surface area contributed by atoms with Gasteiger partial charge in [0.1, 0.15) is 0 Å². The molecule has 48 heavy (non-hydrogen) atoms. The Kier molecular flexibility index (Phi) is 12.3. The number of fused-ring (bicyclic) bond motifs is 1. The Labute approximate surface area is 300 Å². The number of nitrogens with zero attached hydrogens (tertiary/aromatic N) is 1. The Bertz CT molecular complexity index is 1380. The second kappa shape index (κ2) is 14.8. The Balaban J connectivity index is 1.51. The van der Waals surface area contributed by atoms with Gasteiger partial charge in [-0.3, -0.25) is 4.79 Å². The number of aryl methyl sites for hydroxylation is 1. The fourth-order valence-electron chi connectivity index (χ4n) is 8.35. The largest absolute Gasteiger partial charge is 0.413 e. The standard InChI is InChI=1S/C41H69NO3SSi2/c1-28(17-15-19-36(43)38-42-29(2)27-46-38)34-22-23-35-31(18-16-24-41(34,35)10)20-21-32-25-33(44-47(11,12)39(4,5)6)26-37(30(32)3)45-48(13,14)40(7,8)9/h20-21,27-28,33-35,37H,3,15-19,22-26H2,1-2,4-14H3/b31-20+,32-21-/t28-,33-,34-,35+,37+,41-/m1/s1. The fraction of sp³-hybridized carbons (Fsp3) is 0.756. The molecule has 3 aliphatic carbocycles. The van der Waals surface area contributed by atoms with E-state index < -0.39 is 16.6 Å². The molecule has 0 saturated heterocycles. The van der Waals surface area contributed by atoms with Crippen LogP contribution in [0.25, 0.3) is 0 Å². The molecule has 0 unspecified atom stereocenters. The Morgan fingerprint density at radius 1 is 1.08 bits per heavy atom. The van der Waals surface area contributed by atoms with Crippen LogP contribution in [0.3, 0.4) is 0 Å². The first-order valence-corrected chi connectivity index (χ1v) is 25.6. The molecule has 0 amide bonds. The monoisotopic (exact) mass is 711 g/mol. The molecule has 4 rings (SSSR count). The zero-order chi connectivity index (χ0) is 35.9. The van der Waals surface area contributed by atoms with E-state index in [1.165, 1.54) is 54.6 Å². The molecule has 4 nitrogen and oxygen atoms in total. The van der Waals surface area contributed by atoms with Crippen molar-refractivity contribution in [1.29, 1.82) is 0 Å². The van der Waals surface area contributed by atoms with Gasteiger partial charge in [0.25, 0.3) is 0 Å². The molecule has 0 N–H and O–H groups in total. The molecule has 0 bridgehead atoms. The van der Waals surface area contributed by atoms with Gasteiger partial charge in [-0.15, -0.1) is 11.3 Å². The topological polar surface area (TPSA) is 48.4 Å². The third kappa shape index (κ3) is 8.84. The lowest BCUT2D eigenvalue weighted by Gasteiger charge is -2.46. The summed E-state index contributed by atoms with van der Waals surface area (Å²) in [5, 5.41) is 2.97. The number of carbonyl (C=O) groups is 1. The molecule has 270 valence electrons. The van der Waals surface area contributed by atoms with E-state index in [9.17, 15) is 4.79 Å². The van der Waals surface area contributed by atoms with E-state index in [1.807, 2.05) is 12.3 Å². The molecule has 6 atom stereocenters. The summed E-state index contributed by atoms with van der Waals surface area (Å²) in [6.07, 6.45) is 16.0. The smallest absolute Gasteiger partial charge is 0.192 e. The summed E-state index contributed by atoms with van der Waals surface area (Å²) in [7, 11) is -3.93. The summed E-state index contributed by atoms with van der Waals surface area (Å²) in [5.74, 6) is 2.20. The van der Waals surface area contributed by atoms with Crippen molar-refractivity contribution in [2.45, 2.75) is 175 Å². The van der Waals surface area contributed by atoms with Crippen LogP contribution in [0.2, 0.25) is 36.3 Å². The number of allylic oxidation sites excluding steroid dienone is 3. The molecule has 3 fully saturated rings. The molecule has 3 aliphatic rings. The summed E-state index contributed by atoms with van der Waals surface area (Å²) in [6.45, 7) is 35.2. The van der Waals surface area contributed by atoms with E-state index in [-0.39, 0.29) is 28.1 Å². The van der Waals surface area contributed by atoms with Crippen LogP contribution in [0, 0.1) is 30.1 Å². The van der Waals surface area contributed by atoms with Crippen LogP contribution < -0.4 is 0 Å². The van der Waals surface area contributed by atoms with E-state index in [4.69, 9.17) is 15.4 Å². The first-order chi connectivity index (χ1) is 22.1. The minimum atomic E-state index is -1.99. The Hall–Kier alpha value is -1.13. The SMILES string of the molecule is C=C1/C(=C\C=C2/CCC[C@]3(C)[C@@H]([C@H](C)CCCC(=O)c4nc(C)cs4)CC[C@@H]23)C[C@@H](O[Si](C)(C)C(C)(C)C)C[C@@H]1O[Si](C)(C)C(C)(C)C. The molecule has 7 heteroatoms. The maximum absolute atomic E-state index is 12.7. The molecular weight excluding hydrogens is 643 g/mol. The van der Waals surface area contributed by atoms with Gasteiger partial charge < -0.3 is 8.85 Å². The predicted molar refractivity (Wildman–Crippen MR) is 211 cm³/mol. The van der Waals surface area contributed by atoms with Crippen LogP contribution in [0.1, 0.15) is 135 Å². The lowest BCUT2D eigenvalue weighted by Crippen LogP contribution is -2.49. The van der Waals surface area contributed by atoms with Gasteiger partial charge in [-0.1, -0.05) is 79.7 Å². The zero-order valence-electron chi connectivity index (χ0n) is 33.0. The van der Waals surface area contributed by atoms with Crippen molar-refractivity contribution in [3.63, 3.8) is 0 Å². The number of rotatable bonds is 11. The summed E-state index contributed by atoms with van der Waals surface area (Å²) in [6, 6.07) is 0. The van der Waals surface area contributed by atoms with E-state index >= 15 is 0 Å².